The third-order valence-corrected chi connectivity index (χ3v) is 6.98. The highest BCUT2D eigenvalue weighted by atomic mass is 19.1. The topological polar surface area (TPSA) is 41.6 Å². The molecule has 4 rings (SSSR count). The maximum absolute atomic E-state index is 13.3. The molecule has 1 saturated carbocycles. The van der Waals surface area contributed by atoms with Gasteiger partial charge in [0.25, 0.3) is 0 Å². The van der Waals surface area contributed by atoms with Gasteiger partial charge in [0.1, 0.15) is 17.4 Å². The van der Waals surface area contributed by atoms with Gasteiger partial charge in [-0.15, -0.1) is 0 Å². The minimum atomic E-state index is -0.652. The van der Waals surface area contributed by atoms with E-state index >= 15 is 0 Å². The summed E-state index contributed by atoms with van der Waals surface area (Å²) in [6.45, 7) is 2.19. The molecule has 0 radical (unpaired) electrons. The lowest BCUT2D eigenvalue weighted by Crippen LogP contribution is -2.46. The lowest BCUT2D eigenvalue weighted by Gasteiger charge is -2.41. The van der Waals surface area contributed by atoms with Crippen LogP contribution in [0.3, 0.4) is 0 Å². The number of nitrogens with zero attached hydrogens (tertiary/aromatic N) is 1. The van der Waals surface area contributed by atoms with E-state index in [-0.39, 0.29) is 11.9 Å². The van der Waals surface area contributed by atoms with Crippen LogP contribution in [0, 0.1) is 11.6 Å². The van der Waals surface area contributed by atoms with Crippen molar-refractivity contribution >= 4 is 12.0 Å². The Morgan fingerprint density at radius 1 is 1.00 bits per heavy atom. The van der Waals surface area contributed by atoms with Crippen molar-refractivity contribution in [2.75, 3.05) is 20.2 Å². The number of methoxy groups -OCH3 is 1. The molecule has 1 aliphatic carbocycles. The van der Waals surface area contributed by atoms with Crippen molar-refractivity contribution in [1.82, 2.24) is 10.2 Å². The van der Waals surface area contributed by atoms with Crippen LogP contribution in [-0.4, -0.2) is 43.1 Å². The molecule has 1 amide bonds. The van der Waals surface area contributed by atoms with E-state index < -0.39 is 11.6 Å². The molecule has 33 heavy (non-hydrogen) atoms. The van der Waals surface area contributed by atoms with Gasteiger partial charge in [-0.2, -0.15) is 0 Å². The van der Waals surface area contributed by atoms with Crippen LogP contribution in [-0.2, 0) is 4.79 Å². The summed E-state index contributed by atoms with van der Waals surface area (Å²) in [7, 11) is 1.74. The lowest BCUT2D eigenvalue weighted by atomic mass is 9.85. The van der Waals surface area contributed by atoms with Crippen LogP contribution in [0.5, 0.6) is 5.75 Å². The molecule has 0 bridgehead atoms. The molecule has 6 heteroatoms. The summed E-state index contributed by atoms with van der Waals surface area (Å²) in [6.07, 6.45) is 9.12. The number of carbonyl (C=O) groups excluding carboxylic acids is 1. The van der Waals surface area contributed by atoms with Crippen LogP contribution < -0.4 is 10.1 Å². The average Bonchev–Trinajstić information content (AvgIpc) is 2.83. The highest BCUT2D eigenvalue weighted by Gasteiger charge is 2.30. The maximum atomic E-state index is 13.3. The standard InChI is InChI=1S/C27H32F2N2O2/c1-33-26-5-3-2-4-25(26)20-12-14-31(15-13-20)24-9-7-23(8-10-24)30-27(32)11-6-19-16-21(28)18-22(29)17-19/h2-6,11,16-18,20,23-24H,7-10,12-15H2,1H3,(H,30,32)/b11-6+. The summed E-state index contributed by atoms with van der Waals surface area (Å²) < 4.78 is 32.1. The van der Waals surface area contributed by atoms with Gasteiger partial charge in [0.15, 0.2) is 0 Å². The van der Waals surface area contributed by atoms with Crippen molar-refractivity contribution in [2.45, 2.75) is 56.5 Å². The number of halogens is 2. The Kier molecular flexibility index (Phi) is 7.76. The second-order valence-corrected chi connectivity index (χ2v) is 9.10. The van der Waals surface area contributed by atoms with Gasteiger partial charge in [0.2, 0.25) is 5.91 Å². The number of para-hydroxylation sites is 1. The van der Waals surface area contributed by atoms with Crippen LogP contribution in [0.2, 0.25) is 0 Å². The van der Waals surface area contributed by atoms with Crippen LogP contribution in [0.15, 0.2) is 48.5 Å². The predicted molar refractivity (Wildman–Crippen MR) is 126 cm³/mol. The van der Waals surface area contributed by atoms with Gasteiger partial charge in [0.05, 0.1) is 7.11 Å². The number of hydrogen-bond donors (Lipinski definition) is 1. The van der Waals surface area contributed by atoms with Crippen molar-refractivity contribution in [3.63, 3.8) is 0 Å². The molecule has 0 aromatic heterocycles. The third kappa shape index (κ3) is 6.20. The van der Waals surface area contributed by atoms with E-state index in [0.29, 0.717) is 17.5 Å². The molecule has 176 valence electrons. The summed E-state index contributed by atoms with van der Waals surface area (Å²) in [5, 5.41) is 3.04. The molecule has 1 aliphatic heterocycles. The number of hydrogen-bond acceptors (Lipinski definition) is 3. The van der Waals surface area contributed by atoms with Crippen molar-refractivity contribution in [3.8, 4) is 5.75 Å². The fourth-order valence-corrected chi connectivity index (χ4v) is 5.26. The fourth-order valence-electron chi connectivity index (χ4n) is 5.26. The van der Waals surface area contributed by atoms with E-state index in [1.165, 1.54) is 29.8 Å². The van der Waals surface area contributed by atoms with Gasteiger partial charge in [-0.3, -0.25) is 4.79 Å². The van der Waals surface area contributed by atoms with Crippen molar-refractivity contribution in [2.24, 2.45) is 0 Å². The molecule has 2 aliphatic rings. The molecule has 4 nitrogen and oxygen atoms in total. The molecular weight excluding hydrogens is 422 g/mol. The minimum absolute atomic E-state index is 0.147. The van der Waals surface area contributed by atoms with E-state index in [1.54, 1.807) is 7.11 Å². The first-order valence-electron chi connectivity index (χ1n) is 11.8. The Hall–Kier alpha value is -2.73. The molecule has 0 atom stereocenters. The first-order chi connectivity index (χ1) is 16.0. The largest absolute Gasteiger partial charge is 0.496 e. The number of benzene rings is 2. The molecular formula is C27H32F2N2O2. The van der Waals surface area contributed by atoms with Gasteiger partial charge < -0.3 is 15.0 Å². The molecule has 2 aromatic rings. The van der Waals surface area contributed by atoms with Crippen LogP contribution >= 0.6 is 0 Å². The number of nitrogens with one attached hydrogen (secondary N) is 1. The zero-order chi connectivity index (χ0) is 23.2. The average molecular weight is 455 g/mol. The van der Waals surface area contributed by atoms with Crippen LogP contribution in [0.4, 0.5) is 8.78 Å². The highest BCUT2D eigenvalue weighted by Crippen LogP contribution is 2.36. The van der Waals surface area contributed by atoms with E-state index in [2.05, 4.69) is 22.3 Å². The number of rotatable bonds is 6. The van der Waals surface area contributed by atoms with E-state index in [4.69, 9.17) is 4.74 Å². The predicted octanol–water partition coefficient (Wildman–Crippen LogP) is 5.29. The van der Waals surface area contributed by atoms with Gasteiger partial charge >= 0.3 is 0 Å². The Balaban J connectivity index is 1.21. The zero-order valence-electron chi connectivity index (χ0n) is 19.1. The Bertz CT molecular complexity index is 958. The Labute approximate surface area is 194 Å². The first kappa shape index (κ1) is 23.4. The Morgan fingerprint density at radius 2 is 1.67 bits per heavy atom. The van der Waals surface area contributed by atoms with Crippen molar-refractivity contribution in [3.05, 3.63) is 71.3 Å². The molecule has 0 spiro atoms. The summed E-state index contributed by atoms with van der Waals surface area (Å²) in [4.78, 5) is 14.9. The fraction of sp³-hybridized carbons (Fsp3) is 0.444. The zero-order valence-corrected chi connectivity index (χ0v) is 19.1. The summed E-state index contributed by atoms with van der Waals surface area (Å²) in [6, 6.07) is 12.3. The third-order valence-electron chi connectivity index (χ3n) is 6.98. The maximum Gasteiger partial charge on any atom is 0.244 e. The van der Waals surface area contributed by atoms with Gasteiger partial charge in [-0.1, -0.05) is 18.2 Å². The van der Waals surface area contributed by atoms with Gasteiger partial charge in [-0.25, -0.2) is 8.78 Å². The second-order valence-electron chi connectivity index (χ2n) is 9.10. The Morgan fingerprint density at radius 3 is 2.33 bits per heavy atom. The van der Waals surface area contributed by atoms with E-state index in [1.807, 2.05) is 12.1 Å². The number of amides is 1. The molecule has 2 aromatic carbocycles. The minimum Gasteiger partial charge on any atom is -0.496 e. The number of likely N-dealkylation sites (tertiary alicyclic amines) is 1. The second kappa shape index (κ2) is 10.9. The smallest absolute Gasteiger partial charge is 0.244 e. The molecule has 1 heterocycles. The molecule has 0 unspecified atom stereocenters. The summed E-state index contributed by atoms with van der Waals surface area (Å²) in [5.74, 6) is 0.0107. The quantitative estimate of drug-likeness (QED) is 0.603. The van der Waals surface area contributed by atoms with Crippen molar-refractivity contribution < 1.29 is 18.3 Å². The van der Waals surface area contributed by atoms with E-state index in [0.717, 1.165) is 63.4 Å². The number of piperidine rings is 1. The number of ether oxygens (including phenoxy) is 1. The molecule has 1 N–H and O–H groups in total. The molecule has 2 fully saturated rings. The summed E-state index contributed by atoms with van der Waals surface area (Å²) in [5.41, 5.74) is 1.66. The van der Waals surface area contributed by atoms with Crippen LogP contribution in [0.25, 0.3) is 6.08 Å². The normalized spacial score (nSPS) is 22.4. The monoisotopic (exact) mass is 454 g/mol. The lowest BCUT2D eigenvalue weighted by molar-refractivity contribution is -0.117. The van der Waals surface area contributed by atoms with Gasteiger partial charge in [-0.05, 0) is 92.9 Å². The number of carbonyl (C=O) groups is 1. The highest BCUT2D eigenvalue weighted by molar-refractivity contribution is 5.91. The van der Waals surface area contributed by atoms with Crippen LogP contribution in [0.1, 0.15) is 55.6 Å². The SMILES string of the molecule is COc1ccccc1C1CCN(C2CCC(NC(=O)/C=C/c3cc(F)cc(F)c3)CC2)CC1. The van der Waals surface area contributed by atoms with Gasteiger partial charge in [0, 0.05) is 24.2 Å². The first-order valence-corrected chi connectivity index (χ1v) is 11.8. The summed E-state index contributed by atoms with van der Waals surface area (Å²) >= 11 is 0. The van der Waals surface area contributed by atoms with E-state index in [9.17, 15) is 13.6 Å². The van der Waals surface area contributed by atoms with Crippen molar-refractivity contribution in [1.29, 1.82) is 0 Å². The molecule has 1 saturated heterocycles.